The monoisotopic (exact) mass is 366 g/mol. The van der Waals surface area contributed by atoms with Gasteiger partial charge in [0.25, 0.3) is 0 Å². The first-order valence-corrected chi connectivity index (χ1v) is 8.85. The van der Waals surface area contributed by atoms with Crippen molar-refractivity contribution in [1.82, 2.24) is 9.97 Å². The molecule has 0 radical (unpaired) electrons. The van der Waals surface area contributed by atoms with E-state index in [1.807, 2.05) is 38.1 Å². The third-order valence-corrected chi connectivity index (χ3v) is 5.19. The van der Waals surface area contributed by atoms with Gasteiger partial charge in [-0.3, -0.25) is 4.21 Å². The zero-order valence-electron chi connectivity index (χ0n) is 15.1. The summed E-state index contributed by atoms with van der Waals surface area (Å²) in [5.74, 6) is 1.90. The molecule has 0 saturated carbocycles. The number of ether oxygens (including phenoxy) is 2. The summed E-state index contributed by atoms with van der Waals surface area (Å²) < 4.78 is 23.3. The van der Waals surface area contributed by atoms with Crippen LogP contribution in [0.2, 0.25) is 0 Å². The minimum atomic E-state index is -1.32. The first-order chi connectivity index (χ1) is 11.5. The smallest absolute Gasteiger partial charge is 0.497 e. The molecule has 3 aromatic rings. The van der Waals surface area contributed by atoms with Gasteiger partial charge in [0.05, 0.1) is 20.0 Å². The molecule has 0 fully saturated rings. The van der Waals surface area contributed by atoms with Crippen LogP contribution in [-0.2, 0) is 16.6 Å². The van der Waals surface area contributed by atoms with E-state index in [0.29, 0.717) is 22.2 Å². The number of fused-ring (bicyclic) bond motifs is 1. The van der Waals surface area contributed by atoms with Crippen molar-refractivity contribution in [2.45, 2.75) is 24.8 Å². The second-order valence-electron chi connectivity index (χ2n) is 5.55. The van der Waals surface area contributed by atoms with E-state index in [1.165, 1.54) is 0 Å². The summed E-state index contributed by atoms with van der Waals surface area (Å²) in [4.78, 5) is 8.76. The van der Waals surface area contributed by atoms with E-state index in [4.69, 9.17) is 9.47 Å². The standard InChI is InChI=1S/C18H19N2O3S.Na/c1-11-5-6-13(12(2)17(11)23-4)10-24(21)18-19-15-8-7-14(22-3)9-16(15)20-18;/h5-9H,10H2,1-4H3;/q-1;+1. The maximum Gasteiger partial charge on any atom is 1.00 e. The molecule has 0 amide bonds. The fourth-order valence-corrected chi connectivity index (χ4v) is 3.82. The Morgan fingerprint density at radius 3 is 2.56 bits per heavy atom. The maximum absolute atomic E-state index is 12.7. The number of hydrogen-bond donors (Lipinski definition) is 0. The van der Waals surface area contributed by atoms with Crippen molar-refractivity contribution in [1.29, 1.82) is 0 Å². The van der Waals surface area contributed by atoms with E-state index in [2.05, 4.69) is 9.97 Å². The fourth-order valence-electron chi connectivity index (χ4n) is 2.69. The molecule has 0 bridgehead atoms. The van der Waals surface area contributed by atoms with Crippen LogP contribution in [0, 0.1) is 13.8 Å². The molecule has 126 valence electrons. The summed E-state index contributed by atoms with van der Waals surface area (Å²) in [6, 6.07) is 9.40. The molecule has 0 aliphatic carbocycles. The van der Waals surface area contributed by atoms with Crippen LogP contribution < -0.4 is 44.0 Å². The van der Waals surface area contributed by atoms with Crippen LogP contribution in [0.1, 0.15) is 16.7 Å². The van der Waals surface area contributed by atoms with Crippen molar-refractivity contribution >= 4 is 21.8 Å². The van der Waals surface area contributed by atoms with Gasteiger partial charge < -0.3 is 19.4 Å². The van der Waals surface area contributed by atoms with Crippen LogP contribution in [0.3, 0.4) is 0 Å². The van der Waals surface area contributed by atoms with Gasteiger partial charge in [0, 0.05) is 16.0 Å². The topological polar surface area (TPSA) is 62.5 Å². The minimum Gasteiger partial charge on any atom is -0.497 e. The van der Waals surface area contributed by atoms with Crippen molar-refractivity contribution in [3.05, 3.63) is 47.0 Å². The van der Waals surface area contributed by atoms with Gasteiger partial charge >= 0.3 is 29.6 Å². The fraction of sp³-hybridized carbons (Fsp3) is 0.278. The van der Waals surface area contributed by atoms with Gasteiger partial charge in [-0.1, -0.05) is 18.2 Å². The van der Waals surface area contributed by atoms with E-state index in [0.717, 1.165) is 28.0 Å². The molecule has 0 saturated heterocycles. The Labute approximate surface area is 171 Å². The second kappa shape index (κ2) is 8.36. The molecule has 3 rings (SSSR count). The van der Waals surface area contributed by atoms with Gasteiger partial charge in [-0.2, -0.15) is 0 Å². The number of nitrogens with zero attached hydrogens (tertiary/aromatic N) is 2. The number of benzene rings is 2. The van der Waals surface area contributed by atoms with E-state index in [-0.39, 0.29) is 29.6 Å². The van der Waals surface area contributed by atoms with Crippen molar-refractivity contribution in [2.75, 3.05) is 14.2 Å². The average molecular weight is 366 g/mol. The van der Waals surface area contributed by atoms with Crippen molar-refractivity contribution in [2.24, 2.45) is 0 Å². The Kier molecular flexibility index (Phi) is 6.68. The molecule has 7 heteroatoms. The van der Waals surface area contributed by atoms with Crippen LogP contribution >= 0.6 is 0 Å². The molecule has 2 aromatic carbocycles. The number of methoxy groups -OCH3 is 2. The quantitative estimate of drug-likeness (QED) is 0.601. The number of aromatic nitrogens is 2. The molecule has 5 nitrogen and oxygen atoms in total. The Morgan fingerprint density at radius 2 is 1.88 bits per heavy atom. The van der Waals surface area contributed by atoms with Gasteiger partial charge in [-0.15, -0.1) is 0 Å². The molecule has 0 spiro atoms. The second-order valence-corrected chi connectivity index (χ2v) is 6.90. The Balaban J connectivity index is 0.00000225. The number of imidazole rings is 1. The van der Waals surface area contributed by atoms with Crippen LogP contribution in [0.4, 0.5) is 0 Å². The van der Waals surface area contributed by atoms with Crippen LogP contribution in [-0.4, -0.2) is 23.4 Å². The Bertz CT molecular complexity index is 924. The normalized spacial score (nSPS) is 11.8. The third-order valence-electron chi connectivity index (χ3n) is 4.02. The molecule has 1 unspecified atom stereocenters. The van der Waals surface area contributed by atoms with Crippen molar-refractivity contribution in [3.63, 3.8) is 0 Å². The summed E-state index contributed by atoms with van der Waals surface area (Å²) >= 11 is 0. The number of rotatable bonds is 5. The summed E-state index contributed by atoms with van der Waals surface area (Å²) in [5, 5.41) is 0.345. The Hall–Kier alpha value is -1.34. The van der Waals surface area contributed by atoms with Gasteiger partial charge in [-0.05, 0) is 53.7 Å². The SMILES string of the molecule is COc1ccc2[n-]c(S(=O)Cc3ccc(C)c(OC)c3C)nc2c1.[Na+]. The van der Waals surface area contributed by atoms with E-state index in [1.54, 1.807) is 20.3 Å². The molecule has 0 aliphatic rings. The predicted molar refractivity (Wildman–Crippen MR) is 94.2 cm³/mol. The number of hydrogen-bond acceptors (Lipinski definition) is 4. The van der Waals surface area contributed by atoms with E-state index in [9.17, 15) is 4.21 Å². The predicted octanol–water partition coefficient (Wildman–Crippen LogP) is 0.138. The van der Waals surface area contributed by atoms with Crippen LogP contribution in [0.15, 0.2) is 35.5 Å². The zero-order chi connectivity index (χ0) is 17.3. The van der Waals surface area contributed by atoms with E-state index < -0.39 is 10.8 Å². The van der Waals surface area contributed by atoms with E-state index >= 15 is 0 Å². The van der Waals surface area contributed by atoms with Gasteiger partial charge in [-0.25, -0.2) is 0 Å². The van der Waals surface area contributed by atoms with Crippen molar-refractivity contribution in [3.8, 4) is 11.5 Å². The molecular weight excluding hydrogens is 347 g/mol. The van der Waals surface area contributed by atoms with Gasteiger partial charge in [0.1, 0.15) is 11.5 Å². The summed E-state index contributed by atoms with van der Waals surface area (Å²) in [6.45, 7) is 3.97. The van der Waals surface area contributed by atoms with Gasteiger partial charge in [0.2, 0.25) is 0 Å². The van der Waals surface area contributed by atoms with Crippen LogP contribution in [0.5, 0.6) is 11.5 Å². The molecule has 1 atom stereocenters. The maximum atomic E-state index is 12.7. The third kappa shape index (κ3) is 4.08. The largest absolute Gasteiger partial charge is 1.00 e. The molecular formula is C18H19N2NaO3S. The first kappa shape index (κ1) is 20.0. The average Bonchev–Trinajstić information content (AvgIpc) is 3.01. The van der Waals surface area contributed by atoms with Crippen molar-refractivity contribution < 1.29 is 43.2 Å². The molecule has 1 aromatic heterocycles. The number of aryl methyl sites for hydroxylation is 1. The minimum absolute atomic E-state index is 0. The summed E-state index contributed by atoms with van der Waals surface area (Å²) in [5.41, 5.74) is 4.45. The summed E-state index contributed by atoms with van der Waals surface area (Å²) in [6.07, 6.45) is 0. The molecule has 0 N–H and O–H groups in total. The first-order valence-electron chi connectivity index (χ1n) is 7.53. The Morgan fingerprint density at radius 1 is 1.12 bits per heavy atom. The van der Waals surface area contributed by atoms with Crippen LogP contribution in [0.25, 0.3) is 11.0 Å². The molecule has 0 aliphatic heterocycles. The summed E-state index contributed by atoms with van der Waals surface area (Å²) in [7, 11) is 1.93. The zero-order valence-corrected chi connectivity index (χ0v) is 17.9. The molecule has 1 heterocycles. The van der Waals surface area contributed by atoms with Gasteiger partial charge in [0.15, 0.2) is 0 Å². The molecule has 25 heavy (non-hydrogen) atoms.